The van der Waals surface area contributed by atoms with Gasteiger partial charge in [0.05, 0.1) is 29.0 Å². The number of nitrogens with zero attached hydrogens (tertiary/aromatic N) is 2. The molecule has 1 N–H and O–H groups in total. The average Bonchev–Trinajstić information content (AvgIpc) is 3.34. The fourth-order valence-electron chi connectivity index (χ4n) is 5.34. The zero-order valence-corrected chi connectivity index (χ0v) is 26.5. The molecule has 1 aromatic heterocycles. The summed E-state index contributed by atoms with van der Waals surface area (Å²) >= 11 is 7.40. The number of carbonyl (C=O) groups excluding carboxylic acids is 1. The third-order valence-corrected chi connectivity index (χ3v) is 8.79. The Hall–Kier alpha value is -4.92. The van der Waals surface area contributed by atoms with Crippen molar-refractivity contribution in [2.75, 3.05) is 12.4 Å². The molecule has 226 valence electrons. The molecule has 45 heavy (non-hydrogen) atoms. The first-order valence-corrected chi connectivity index (χ1v) is 15.5. The first kappa shape index (κ1) is 30.1. The number of nitrogens with one attached hydrogen (secondary N) is 1. The van der Waals surface area contributed by atoms with Gasteiger partial charge in [-0.1, -0.05) is 83.6 Å². The number of ether oxygens (including phenoxy) is 2. The Morgan fingerprint density at radius 3 is 2.53 bits per heavy atom. The molecule has 2 heterocycles. The Balaban J connectivity index is 1.40. The number of para-hydroxylation sites is 1. The molecule has 5 aromatic rings. The molecule has 7 nitrogen and oxygen atoms in total. The lowest BCUT2D eigenvalue weighted by Crippen LogP contribution is -2.40. The molecule has 6 rings (SSSR count). The summed E-state index contributed by atoms with van der Waals surface area (Å²) in [6, 6.07) is 29.4. The predicted octanol–water partition coefficient (Wildman–Crippen LogP) is 6.42. The van der Waals surface area contributed by atoms with Crippen LogP contribution in [0.4, 0.5) is 5.69 Å². The van der Waals surface area contributed by atoms with E-state index in [-0.39, 0.29) is 18.1 Å². The predicted molar refractivity (Wildman–Crippen MR) is 179 cm³/mol. The maximum absolute atomic E-state index is 14.1. The van der Waals surface area contributed by atoms with E-state index in [9.17, 15) is 9.59 Å². The monoisotopic (exact) mass is 635 g/mol. The number of aryl methyl sites for hydroxylation is 1. The number of aromatic nitrogens is 1. The third kappa shape index (κ3) is 6.34. The highest BCUT2D eigenvalue weighted by Gasteiger charge is 2.32. The SMILES string of the molecule is COc1ccc(C=c2sc3n(c2=O)C(c2ccccc2)C(C(=O)Nc2ccccc2C)=C(C)N=3)cc1COc1cccc(Cl)c1. The molecule has 9 heteroatoms. The van der Waals surface area contributed by atoms with E-state index < -0.39 is 6.04 Å². The van der Waals surface area contributed by atoms with Crippen LogP contribution in [-0.2, 0) is 11.4 Å². The van der Waals surface area contributed by atoms with Gasteiger partial charge in [-0.15, -0.1) is 0 Å². The van der Waals surface area contributed by atoms with Crippen LogP contribution in [-0.4, -0.2) is 17.6 Å². The molecule has 0 saturated heterocycles. The quantitative estimate of drug-likeness (QED) is 0.213. The molecule has 0 fully saturated rings. The molecule has 0 bridgehead atoms. The minimum Gasteiger partial charge on any atom is -0.496 e. The van der Waals surface area contributed by atoms with E-state index in [4.69, 9.17) is 26.1 Å². The maximum Gasteiger partial charge on any atom is 0.271 e. The van der Waals surface area contributed by atoms with Gasteiger partial charge in [0.15, 0.2) is 4.80 Å². The Kier molecular flexibility index (Phi) is 8.69. The lowest BCUT2D eigenvalue weighted by molar-refractivity contribution is -0.113. The summed E-state index contributed by atoms with van der Waals surface area (Å²) in [7, 11) is 1.61. The number of hydrogen-bond donors (Lipinski definition) is 1. The first-order valence-electron chi connectivity index (χ1n) is 14.3. The number of fused-ring (bicyclic) bond motifs is 1. The van der Waals surface area contributed by atoms with Crippen LogP contribution >= 0.6 is 22.9 Å². The first-order chi connectivity index (χ1) is 21.8. The smallest absolute Gasteiger partial charge is 0.271 e. The van der Waals surface area contributed by atoms with Crippen LogP contribution in [0.25, 0.3) is 6.08 Å². The summed E-state index contributed by atoms with van der Waals surface area (Å²) in [5.74, 6) is 1.01. The minimum atomic E-state index is -0.647. The van der Waals surface area contributed by atoms with Gasteiger partial charge in [-0.3, -0.25) is 14.2 Å². The maximum atomic E-state index is 14.1. The van der Waals surface area contributed by atoms with Crippen molar-refractivity contribution in [1.82, 2.24) is 4.57 Å². The Morgan fingerprint density at radius 2 is 1.78 bits per heavy atom. The largest absolute Gasteiger partial charge is 0.496 e. The van der Waals surface area contributed by atoms with Gasteiger partial charge in [0, 0.05) is 16.3 Å². The average molecular weight is 636 g/mol. The van der Waals surface area contributed by atoms with Crippen molar-refractivity contribution in [2.45, 2.75) is 26.5 Å². The van der Waals surface area contributed by atoms with Crippen LogP contribution in [0.1, 0.15) is 35.2 Å². The van der Waals surface area contributed by atoms with E-state index in [1.807, 2.05) is 105 Å². The summed E-state index contributed by atoms with van der Waals surface area (Å²) in [6.07, 6.45) is 1.83. The van der Waals surface area contributed by atoms with Crippen molar-refractivity contribution < 1.29 is 14.3 Å². The second kappa shape index (κ2) is 13.0. The van der Waals surface area contributed by atoms with Gasteiger partial charge in [0.1, 0.15) is 18.1 Å². The molecule has 0 aliphatic carbocycles. The molecular weight excluding hydrogens is 606 g/mol. The second-order valence-electron chi connectivity index (χ2n) is 10.6. The number of methoxy groups -OCH3 is 1. The molecule has 1 aliphatic rings. The second-order valence-corrected chi connectivity index (χ2v) is 12.0. The molecule has 1 amide bonds. The van der Waals surface area contributed by atoms with Gasteiger partial charge in [0.25, 0.3) is 11.5 Å². The van der Waals surface area contributed by atoms with Gasteiger partial charge in [0.2, 0.25) is 0 Å². The number of allylic oxidation sites excluding steroid dienone is 1. The normalized spacial score (nSPS) is 14.5. The highest BCUT2D eigenvalue weighted by molar-refractivity contribution is 7.07. The van der Waals surface area contributed by atoms with E-state index >= 15 is 0 Å². The van der Waals surface area contributed by atoms with Crippen LogP contribution in [0.2, 0.25) is 5.02 Å². The number of anilines is 1. The molecular formula is C36H30ClN3O4S. The summed E-state index contributed by atoms with van der Waals surface area (Å²) in [6.45, 7) is 4.00. The number of carbonyl (C=O) groups is 1. The third-order valence-electron chi connectivity index (χ3n) is 7.57. The molecule has 0 spiro atoms. The molecule has 0 saturated carbocycles. The summed E-state index contributed by atoms with van der Waals surface area (Å²) in [5.41, 5.74) is 4.84. The zero-order valence-electron chi connectivity index (χ0n) is 24.9. The van der Waals surface area contributed by atoms with Crippen LogP contribution < -0.4 is 29.7 Å². The number of rotatable bonds is 8. The lowest BCUT2D eigenvalue weighted by Gasteiger charge is -2.25. The van der Waals surface area contributed by atoms with Gasteiger partial charge >= 0.3 is 0 Å². The van der Waals surface area contributed by atoms with E-state index in [0.717, 1.165) is 22.3 Å². The highest BCUT2D eigenvalue weighted by atomic mass is 35.5. The Labute approximate surface area is 269 Å². The number of amides is 1. The van der Waals surface area contributed by atoms with Gasteiger partial charge in [-0.2, -0.15) is 0 Å². The Bertz CT molecular complexity index is 2120. The zero-order chi connectivity index (χ0) is 31.5. The molecule has 1 atom stereocenters. The van der Waals surface area contributed by atoms with Crippen LogP contribution in [0.15, 0.2) is 118 Å². The van der Waals surface area contributed by atoms with E-state index in [1.54, 1.807) is 23.8 Å². The van der Waals surface area contributed by atoms with Crippen molar-refractivity contribution in [3.05, 3.63) is 155 Å². The van der Waals surface area contributed by atoms with E-state index in [0.29, 0.717) is 42.8 Å². The topological polar surface area (TPSA) is 81.9 Å². The van der Waals surface area contributed by atoms with Gasteiger partial charge < -0.3 is 14.8 Å². The lowest BCUT2D eigenvalue weighted by atomic mass is 9.95. The summed E-state index contributed by atoms with van der Waals surface area (Å²) in [4.78, 5) is 33.2. The fourth-order valence-corrected chi connectivity index (χ4v) is 6.56. The van der Waals surface area contributed by atoms with Crippen molar-refractivity contribution in [2.24, 2.45) is 4.99 Å². The van der Waals surface area contributed by atoms with Crippen LogP contribution in [0.5, 0.6) is 11.5 Å². The minimum absolute atomic E-state index is 0.228. The molecule has 0 radical (unpaired) electrons. The number of hydrogen-bond acceptors (Lipinski definition) is 6. The van der Waals surface area contributed by atoms with Gasteiger partial charge in [-0.25, -0.2) is 4.99 Å². The molecule has 1 unspecified atom stereocenters. The van der Waals surface area contributed by atoms with Crippen LogP contribution in [0.3, 0.4) is 0 Å². The van der Waals surface area contributed by atoms with E-state index in [2.05, 4.69) is 5.32 Å². The van der Waals surface area contributed by atoms with Crippen molar-refractivity contribution in [3.8, 4) is 11.5 Å². The van der Waals surface area contributed by atoms with Gasteiger partial charge in [-0.05, 0) is 73.0 Å². The van der Waals surface area contributed by atoms with Crippen molar-refractivity contribution in [1.29, 1.82) is 0 Å². The molecule has 1 aliphatic heterocycles. The Morgan fingerprint density at radius 1 is 1.00 bits per heavy atom. The van der Waals surface area contributed by atoms with Crippen molar-refractivity contribution >= 4 is 40.6 Å². The van der Waals surface area contributed by atoms with E-state index in [1.165, 1.54) is 11.3 Å². The number of thiazole rings is 1. The summed E-state index contributed by atoms with van der Waals surface area (Å²) in [5, 5.41) is 3.63. The fraction of sp³-hybridized carbons (Fsp3) is 0.139. The van der Waals surface area contributed by atoms with Crippen molar-refractivity contribution in [3.63, 3.8) is 0 Å². The standard InChI is InChI=1S/C36H30ClN3O4S/c1-22-10-7-8-15-29(22)39-34(41)32-23(2)38-36-40(33(32)25-11-5-4-6-12-25)35(42)31(45-36)19-24-16-17-30(43-3)26(18-24)21-44-28-14-9-13-27(37)20-28/h4-20,33H,21H2,1-3H3,(H,39,41). The highest BCUT2D eigenvalue weighted by Crippen LogP contribution is 2.31. The number of benzene rings is 4. The molecule has 4 aromatic carbocycles. The number of halogens is 1. The van der Waals surface area contributed by atoms with Crippen LogP contribution in [0, 0.1) is 6.92 Å². The summed E-state index contributed by atoms with van der Waals surface area (Å²) < 4.78 is 13.7.